The van der Waals surface area contributed by atoms with E-state index in [0.29, 0.717) is 47.7 Å². The Morgan fingerprint density at radius 1 is 1.15 bits per heavy atom. The third-order valence-electron chi connectivity index (χ3n) is 8.26. The number of methoxy groups -OCH3 is 1. The van der Waals surface area contributed by atoms with Crippen molar-refractivity contribution in [1.29, 1.82) is 0 Å². The lowest BCUT2D eigenvalue weighted by Crippen LogP contribution is -2.54. The van der Waals surface area contributed by atoms with Crippen molar-refractivity contribution in [3.05, 3.63) is 11.6 Å². The fourth-order valence-corrected chi connectivity index (χ4v) is 7.45. The molecule has 0 spiro atoms. The third-order valence-corrected chi connectivity index (χ3v) is 8.26. The molecule has 0 saturated heterocycles. The van der Waals surface area contributed by atoms with Crippen molar-refractivity contribution in [2.45, 2.75) is 65.4 Å². The van der Waals surface area contributed by atoms with E-state index in [2.05, 4.69) is 20.8 Å². The fourth-order valence-electron chi connectivity index (χ4n) is 7.45. The van der Waals surface area contributed by atoms with Crippen molar-refractivity contribution >= 4 is 11.9 Å². The molecule has 0 aliphatic heterocycles. The smallest absolute Gasteiger partial charge is 0.438 e. The molecular formula is C22H32O4. The molecule has 0 aromatic rings. The molecule has 0 aromatic heterocycles. The molecule has 26 heavy (non-hydrogen) atoms. The molecular weight excluding hydrogens is 328 g/mol. The summed E-state index contributed by atoms with van der Waals surface area (Å²) in [6, 6.07) is 0. The van der Waals surface area contributed by atoms with E-state index in [1.807, 2.05) is 6.08 Å². The molecule has 4 aliphatic rings. The van der Waals surface area contributed by atoms with Gasteiger partial charge in [-0.3, -0.25) is 4.79 Å². The summed E-state index contributed by atoms with van der Waals surface area (Å²) in [7, 11) is 1.39. The van der Waals surface area contributed by atoms with Crippen LogP contribution in [0.15, 0.2) is 11.6 Å². The minimum absolute atomic E-state index is 0.0274. The predicted molar refractivity (Wildman–Crippen MR) is 98.5 cm³/mol. The number of fused-ring (bicyclic) bond motifs is 5. The Bertz CT molecular complexity index is 638. The topological polar surface area (TPSA) is 52.6 Å². The zero-order valence-corrected chi connectivity index (χ0v) is 16.5. The van der Waals surface area contributed by atoms with Crippen molar-refractivity contribution < 1.29 is 19.1 Å². The largest absolute Gasteiger partial charge is 0.508 e. The number of allylic oxidation sites excluding steroid dienone is 1. The van der Waals surface area contributed by atoms with Gasteiger partial charge >= 0.3 is 6.16 Å². The Kier molecular flexibility index (Phi) is 4.44. The number of hydrogen-bond acceptors (Lipinski definition) is 4. The maximum atomic E-state index is 11.9. The SMILES string of the molecule is COC(=O)O[C@H]1CC[C@H]2[C@H]3[C@H]([C@@H](C)C[C@]12C)[C@H]1CCC(=O)C=C1C[C@H]3C. The van der Waals surface area contributed by atoms with E-state index < -0.39 is 6.16 Å². The lowest BCUT2D eigenvalue weighted by Gasteiger charge is -2.58. The Morgan fingerprint density at radius 3 is 2.65 bits per heavy atom. The summed E-state index contributed by atoms with van der Waals surface area (Å²) in [5.41, 5.74) is 1.47. The first-order chi connectivity index (χ1) is 12.3. The number of ketones is 1. The summed E-state index contributed by atoms with van der Waals surface area (Å²) in [4.78, 5) is 23.7. The molecule has 0 radical (unpaired) electrons. The predicted octanol–water partition coefficient (Wildman–Crippen LogP) is 4.77. The van der Waals surface area contributed by atoms with Crippen LogP contribution in [0.5, 0.6) is 0 Å². The molecule has 8 atom stereocenters. The van der Waals surface area contributed by atoms with Crippen molar-refractivity contribution in [2.24, 2.45) is 40.9 Å². The highest BCUT2D eigenvalue weighted by molar-refractivity contribution is 5.91. The van der Waals surface area contributed by atoms with E-state index in [9.17, 15) is 9.59 Å². The molecule has 3 saturated carbocycles. The molecule has 144 valence electrons. The molecule has 4 heteroatoms. The van der Waals surface area contributed by atoms with E-state index in [0.717, 1.165) is 32.1 Å². The van der Waals surface area contributed by atoms with Crippen LogP contribution in [0.2, 0.25) is 0 Å². The minimum Gasteiger partial charge on any atom is -0.438 e. The highest BCUT2D eigenvalue weighted by Crippen LogP contribution is 2.65. The van der Waals surface area contributed by atoms with Gasteiger partial charge in [0.2, 0.25) is 0 Å². The second-order valence-electron chi connectivity index (χ2n) is 9.60. The summed E-state index contributed by atoms with van der Waals surface area (Å²) < 4.78 is 10.5. The quantitative estimate of drug-likeness (QED) is 0.632. The second-order valence-corrected chi connectivity index (χ2v) is 9.60. The molecule has 4 rings (SSSR count). The molecule has 4 aliphatic carbocycles. The zero-order valence-electron chi connectivity index (χ0n) is 16.5. The number of rotatable bonds is 1. The van der Waals surface area contributed by atoms with E-state index in [1.54, 1.807) is 0 Å². The Labute approximate surface area is 156 Å². The zero-order chi connectivity index (χ0) is 18.6. The Balaban J connectivity index is 1.64. The Hall–Kier alpha value is -1.32. The minimum atomic E-state index is -0.542. The van der Waals surface area contributed by atoms with Crippen molar-refractivity contribution in [3.63, 3.8) is 0 Å². The maximum Gasteiger partial charge on any atom is 0.508 e. The fraction of sp³-hybridized carbons (Fsp3) is 0.818. The average Bonchev–Trinajstić information content (AvgIpc) is 2.90. The normalized spacial score (nSPS) is 47.3. The van der Waals surface area contributed by atoms with Gasteiger partial charge in [0.05, 0.1) is 7.11 Å². The summed E-state index contributed by atoms with van der Waals surface area (Å²) in [6.45, 7) is 7.10. The lowest BCUT2D eigenvalue weighted by molar-refractivity contribution is -0.119. The van der Waals surface area contributed by atoms with Crippen molar-refractivity contribution in [2.75, 3.05) is 7.11 Å². The highest BCUT2D eigenvalue weighted by atomic mass is 16.7. The molecule has 0 aromatic carbocycles. The molecule has 0 heterocycles. The van der Waals surface area contributed by atoms with Crippen LogP contribution in [0.4, 0.5) is 4.79 Å². The molecule has 4 nitrogen and oxygen atoms in total. The second kappa shape index (κ2) is 6.38. The van der Waals surface area contributed by atoms with Crippen LogP contribution >= 0.6 is 0 Å². The maximum absolute atomic E-state index is 11.9. The highest BCUT2D eigenvalue weighted by Gasteiger charge is 2.61. The van der Waals surface area contributed by atoms with Gasteiger partial charge in [0, 0.05) is 11.8 Å². The number of carbonyl (C=O) groups is 2. The standard InChI is InChI=1S/C22H32O4/c1-12-9-14-10-15(23)5-6-16(14)19-13(2)11-22(3)17(20(12)19)7-8-18(22)26-21(24)25-4/h10,12-13,16-20H,5-9,11H2,1-4H3/t12-,13+,16+,17+,18+,19-,20+,22+/m1/s1. The van der Waals surface area contributed by atoms with Gasteiger partial charge < -0.3 is 9.47 Å². The van der Waals surface area contributed by atoms with Crippen molar-refractivity contribution in [3.8, 4) is 0 Å². The summed E-state index contributed by atoms with van der Waals surface area (Å²) in [5, 5.41) is 0. The molecule has 0 unspecified atom stereocenters. The van der Waals surface area contributed by atoms with Crippen LogP contribution in [-0.4, -0.2) is 25.2 Å². The average molecular weight is 360 g/mol. The van der Waals surface area contributed by atoms with Gasteiger partial charge in [0.25, 0.3) is 0 Å². The molecule has 0 N–H and O–H groups in total. The van der Waals surface area contributed by atoms with Crippen molar-refractivity contribution in [1.82, 2.24) is 0 Å². The van der Waals surface area contributed by atoms with Crippen LogP contribution in [0.3, 0.4) is 0 Å². The van der Waals surface area contributed by atoms with Crippen LogP contribution in [0, 0.1) is 40.9 Å². The monoisotopic (exact) mass is 360 g/mol. The van der Waals surface area contributed by atoms with Crippen LogP contribution < -0.4 is 0 Å². The van der Waals surface area contributed by atoms with E-state index in [-0.39, 0.29) is 11.5 Å². The van der Waals surface area contributed by atoms with Gasteiger partial charge in [-0.15, -0.1) is 0 Å². The lowest BCUT2D eigenvalue weighted by atomic mass is 9.47. The number of hydrogen-bond donors (Lipinski definition) is 0. The van der Waals surface area contributed by atoms with Crippen LogP contribution in [-0.2, 0) is 14.3 Å². The molecule has 0 amide bonds. The summed E-state index contributed by atoms with van der Waals surface area (Å²) in [6.07, 6.45) is 7.41. The van der Waals surface area contributed by atoms with Gasteiger partial charge in [-0.1, -0.05) is 26.3 Å². The first-order valence-electron chi connectivity index (χ1n) is 10.3. The Morgan fingerprint density at radius 2 is 1.92 bits per heavy atom. The summed E-state index contributed by atoms with van der Waals surface area (Å²) in [5.74, 6) is 4.05. The van der Waals surface area contributed by atoms with Gasteiger partial charge in [-0.2, -0.15) is 0 Å². The van der Waals surface area contributed by atoms with E-state index in [1.165, 1.54) is 12.7 Å². The van der Waals surface area contributed by atoms with Gasteiger partial charge in [0.1, 0.15) is 6.10 Å². The van der Waals surface area contributed by atoms with Gasteiger partial charge in [0.15, 0.2) is 5.78 Å². The number of ether oxygens (including phenoxy) is 2. The third kappa shape index (κ3) is 2.63. The summed E-state index contributed by atoms with van der Waals surface area (Å²) >= 11 is 0. The van der Waals surface area contributed by atoms with Crippen LogP contribution in [0.25, 0.3) is 0 Å². The first kappa shape index (κ1) is 18.1. The van der Waals surface area contributed by atoms with Gasteiger partial charge in [-0.05, 0) is 73.7 Å². The van der Waals surface area contributed by atoms with E-state index in [4.69, 9.17) is 9.47 Å². The molecule has 3 fully saturated rings. The van der Waals surface area contributed by atoms with Crippen LogP contribution in [0.1, 0.15) is 59.3 Å². The van der Waals surface area contributed by atoms with E-state index >= 15 is 0 Å². The number of carbonyl (C=O) groups excluding carboxylic acids is 2. The first-order valence-corrected chi connectivity index (χ1v) is 10.3. The van der Waals surface area contributed by atoms with Gasteiger partial charge in [-0.25, -0.2) is 4.79 Å². The molecule has 0 bridgehead atoms.